The minimum atomic E-state index is -2.72. The van der Waals surface area contributed by atoms with Gasteiger partial charge in [-0.15, -0.1) is 0 Å². The SMILES string of the molecule is [2H]c1nc(OC([2H])([2H])[2H])c([2H])c(Br)c1[2H]. The first-order chi connectivity index (χ1) is 6.72. The first-order valence-corrected chi connectivity index (χ1v) is 2.84. The van der Waals surface area contributed by atoms with Crippen LogP contribution in [0.15, 0.2) is 22.7 Å². The van der Waals surface area contributed by atoms with Gasteiger partial charge in [0.25, 0.3) is 0 Å². The van der Waals surface area contributed by atoms with Crippen LogP contribution in [0.4, 0.5) is 0 Å². The quantitative estimate of drug-likeness (QED) is 0.680. The maximum Gasteiger partial charge on any atom is 0.214 e. The van der Waals surface area contributed by atoms with Crippen molar-refractivity contribution in [3.8, 4) is 5.88 Å². The summed E-state index contributed by atoms with van der Waals surface area (Å²) in [5.74, 6) is -0.483. The molecule has 0 N–H and O–H groups in total. The molecule has 1 aromatic heterocycles. The van der Waals surface area contributed by atoms with E-state index in [-0.39, 0.29) is 16.6 Å². The van der Waals surface area contributed by atoms with E-state index in [1.807, 2.05) is 0 Å². The molecular formula is C6H6BrNO. The predicted octanol–water partition coefficient (Wildman–Crippen LogP) is 1.85. The third kappa shape index (κ3) is 1.68. The van der Waals surface area contributed by atoms with Crippen molar-refractivity contribution in [2.24, 2.45) is 0 Å². The second-order valence-electron chi connectivity index (χ2n) is 1.19. The molecule has 48 valence electrons. The van der Waals surface area contributed by atoms with Gasteiger partial charge in [0, 0.05) is 16.7 Å². The number of ether oxygens (including phenoxy) is 1. The predicted molar refractivity (Wildman–Crippen MR) is 38.5 cm³/mol. The molecule has 0 aromatic carbocycles. The number of aromatic nitrogens is 1. The van der Waals surface area contributed by atoms with Crippen LogP contribution in [-0.2, 0) is 0 Å². The summed E-state index contributed by atoms with van der Waals surface area (Å²) in [6.45, 7) is 0. The normalized spacial score (nSPS) is 20.1. The molecule has 1 aromatic rings. The first kappa shape index (κ1) is 2.23. The summed E-state index contributed by atoms with van der Waals surface area (Å²) in [6.07, 6.45) is -0.447. The lowest BCUT2D eigenvalue weighted by Crippen LogP contribution is -1.84. The van der Waals surface area contributed by atoms with Crippen LogP contribution in [0.1, 0.15) is 8.22 Å². The van der Waals surface area contributed by atoms with E-state index in [4.69, 9.17) is 8.22 Å². The summed E-state index contributed by atoms with van der Waals surface area (Å²) in [4.78, 5) is 3.40. The third-order valence-electron chi connectivity index (χ3n) is 0.636. The van der Waals surface area contributed by atoms with Crippen molar-refractivity contribution in [2.75, 3.05) is 7.04 Å². The van der Waals surface area contributed by atoms with Crippen molar-refractivity contribution in [2.45, 2.75) is 0 Å². The molecule has 2 nitrogen and oxygen atoms in total. The van der Waals surface area contributed by atoms with E-state index in [0.29, 0.717) is 0 Å². The monoisotopic (exact) mass is 193 g/mol. The van der Waals surface area contributed by atoms with E-state index in [9.17, 15) is 0 Å². The molecular weight excluding hydrogens is 182 g/mol. The summed E-state index contributed by atoms with van der Waals surface area (Å²) < 4.78 is 46.8. The molecule has 0 amide bonds. The van der Waals surface area contributed by atoms with Crippen molar-refractivity contribution < 1.29 is 13.0 Å². The van der Waals surface area contributed by atoms with E-state index < -0.39 is 19.1 Å². The molecule has 0 saturated carbocycles. The summed E-state index contributed by atoms with van der Waals surface area (Å²) >= 11 is 2.89. The number of methoxy groups -OCH3 is 1. The van der Waals surface area contributed by atoms with Crippen LogP contribution in [-0.4, -0.2) is 12.0 Å². The minimum Gasteiger partial charge on any atom is -0.481 e. The largest absolute Gasteiger partial charge is 0.481 e. The van der Waals surface area contributed by atoms with Crippen molar-refractivity contribution >= 4 is 15.9 Å². The van der Waals surface area contributed by atoms with Gasteiger partial charge in [-0.2, -0.15) is 0 Å². The molecule has 0 fully saturated rings. The fourth-order valence-electron chi connectivity index (χ4n) is 0.329. The number of hydrogen-bond acceptors (Lipinski definition) is 2. The van der Waals surface area contributed by atoms with E-state index in [0.717, 1.165) is 0 Å². The zero-order chi connectivity index (χ0) is 11.8. The lowest BCUT2D eigenvalue weighted by atomic mass is 10.5. The van der Waals surface area contributed by atoms with Crippen LogP contribution >= 0.6 is 15.9 Å². The van der Waals surface area contributed by atoms with Crippen LogP contribution in [0.25, 0.3) is 0 Å². The number of hydrogen-bond donors (Lipinski definition) is 0. The summed E-state index contributed by atoms with van der Waals surface area (Å²) in [7, 11) is -2.72. The van der Waals surface area contributed by atoms with Crippen LogP contribution in [0, 0.1) is 0 Å². The Morgan fingerprint density at radius 3 is 3.67 bits per heavy atom. The van der Waals surface area contributed by atoms with Gasteiger partial charge in [0.1, 0.15) is 0 Å². The second-order valence-corrected chi connectivity index (χ2v) is 1.99. The molecule has 1 heterocycles. The summed E-state index contributed by atoms with van der Waals surface area (Å²) in [5, 5.41) is 0. The Morgan fingerprint density at radius 2 is 2.89 bits per heavy atom. The van der Waals surface area contributed by atoms with Crippen LogP contribution in [0.5, 0.6) is 5.88 Å². The van der Waals surface area contributed by atoms with Crippen LogP contribution in [0.3, 0.4) is 0 Å². The summed E-state index contributed by atoms with van der Waals surface area (Å²) in [5.41, 5.74) is 0. The molecule has 9 heavy (non-hydrogen) atoms. The molecule has 0 aliphatic heterocycles. The molecule has 0 aliphatic carbocycles. The van der Waals surface area contributed by atoms with E-state index in [1.165, 1.54) is 0 Å². The van der Waals surface area contributed by atoms with Crippen molar-refractivity contribution in [1.29, 1.82) is 0 Å². The fourth-order valence-corrected chi connectivity index (χ4v) is 0.587. The highest BCUT2D eigenvalue weighted by Gasteiger charge is 1.89. The third-order valence-corrected chi connectivity index (χ3v) is 1.03. The van der Waals surface area contributed by atoms with E-state index in [1.54, 1.807) is 0 Å². The number of rotatable bonds is 1. The van der Waals surface area contributed by atoms with Gasteiger partial charge in [-0.1, -0.05) is 15.9 Å². The number of nitrogens with zero attached hydrogens (tertiary/aromatic N) is 1. The highest BCUT2D eigenvalue weighted by Crippen LogP contribution is 2.13. The maximum atomic E-state index is 7.43. The Bertz CT molecular complexity index is 392. The Labute approximate surface area is 70.4 Å². The molecule has 0 unspecified atom stereocenters. The lowest BCUT2D eigenvalue weighted by molar-refractivity contribution is 0.397. The van der Waals surface area contributed by atoms with E-state index >= 15 is 0 Å². The average Bonchev–Trinajstić information content (AvgIpc) is 2.08. The van der Waals surface area contributed by atoms with Gasteiger partial charge < -0.3 is 4.74 Å². The first-order valence-electron chi connectivity index (χ1n) is 5.04. The lowest BCUT2D eigenvalue weighted by Gasteiger charge is -1.95. The van der Waals surface area contributed by atoms with Crippen LogP contribution < -0.4 is 4.74 Å². The van der Waals surface area contributed by atoms with Crippen molar-refractivity contribution in [3.05, 3.63) is 22.7 Å². The fraction of sp³-hybridized carbons (Fsp3) is 0.167. The Kier molecular flexibility index (Phi) is 0.701. The Morgan fingerprint density at radius 1 is 2.00 bits per heavy atom. The molecule has 0 radical (unpaired) electrons. The van der Waals surface area contributed by atoms with Gasteiger partial charge in [-0.3, -0.25) is 0 Å². The average molecular weight is 194 g/mol. The maximum absolute atomic E-state index is 7.43. The second kappa shape index (κ2) is 2.82. The van der Waals surface area contributed by atoms with Gasteiger partial charge in [0.2, 0.25) is 5.88 Å². The van der Waals surface area contributed by atoms with Crippen molar-refractivity contribution in [1.82, 2.24) is 4.98 Å². The Hall–Kier alpha value is -0.570. The van der Waals surface area contributed by atoms with Gasteiger partial charge >= 0.3 is 0 Å². The number of pyridine rings is 1. The van der Waals surface area contributed by atoms with Gasteiger partial charge in [-0.25, -0.2) is 4.98 Å². The highest BCUT2D eigenvalue weighted by molar-refractivity contribution is 9.10. The highest BCUT2D eigenvalue weighted by atomic mass is 79.9. The number of halogens is 1. The molecule has 0 atom stereocenters. The summed E-state index contributed by atoms with van der Waals surface area (Å²) in [6, 6.07) is -0.634. The zero-order valence-electron chi connectivity index (χ0n) is 10.2. The van der Waals surface area contributed by atoms with Gasteiger partial charge in [0.15, 0.2) is 0 Å². The molecule has 0 bridgehead atoms. The molecule has 3 heteroatoms. The minimum absolute atomic E-state index is 0.0123. The standard InChI is InChI=1S/C6H6BrNO/c1-9-6-4-5(7)2-3-8-6/h2-4H,1H3/i1D3,2D,3D,4D. The van der Waals surface area contributed by atoms with E-state index in [2.05, 4.69) is 25.7 Å². The molecule has 0 aliphatic rings. The zero-order valence-corrected chi connectivity index (χ0v) is 5.82. The smallest absolute Gasteiger partial charge is 0.214 e. The molecule has 0 saturated heterocycles. The van der Waals surface area contributed by atoms with Crippen LogP contribution in [0.2, 0.25) is 0 Å². The topological polar surface area (TPSA) is 22.1 Å². The van der Waals surface area contributed by atoms with Gasteiger partial charge in [-0.05, 0) is 6.04 Å². The molecule has 0 spiro atoms. The van der Waals surface area contributed by atoms with Crippen molar-refractivity contribution in [3.63, 3.8) is 0 Å². The molecule has 1 rings (SSSR count). The van der Waals surface area contributed by atoms with Gasteiger partial charge in [0.05, 0.1) is 15.3 Å². The Balaban J connectivity index is 3.21.